The van der Waals surface area contributed by atoms with Crippen LogP contribution in [0.3, 0.4) is 0 Å². The maximum Gasteiger partial charge on any atom is 0.151 e. The summed E-state index contributed by atoms with van der Waals surface area (Å²) in [5.74, 6) is 1.49. The van der Waals surface area contributed by atoms with E-state index in [1.54, 1.807) is 12.4 Å². The Hall–Kier alpha value is -2.10. The number of rotatable bonds is 4. The van der Waals surface area contributed by atoms with E-state index in [1.807, 2.05) is 19.2 Å². The zero-order valence-corrected chi connectivity index (χ0v) is 10.1. The number of hydrogen-bond acceptors (Lipinski definition) is 4. The van der Waals surface area contributed by atoms with E-state index < -0.39 is 0 Å². The quantitative estimate of drug-likeness (QED) is 0.844. The third-order valence-electron chi connectivity index (χ3n) is 2.50. The first-order valence-corrected chi connectivity index (χ1v) is 5.67. The minimum absolute atomic E-state index is 0.741. The summed E-state index contributed by atoms with van der Waals surface area (Å²) in [5, 5.41) is 6.20. The maximum atomic E-state index is 4.36. The van der Waals surface area contributed by atoms with Gasteiger partial charge < -0.3 is 10.6 Å². The Morgan fingerprint density at radius 1 is 1.18 bits per heavy atom. The zero-order chi connectivity index (χ0) is 12.1. The molecular formula is C13H16N4. The molecular weight excluding hydrogens is 212 g/mol. The number of anilines is 3. The highest BCUT2D eigenvalue weighted by Gasteiger charge is 1.99. The van der Waals surface area contributed by atoms with E-state index in [0.717, 1.165) is 23.7 Å². The van der Waals surface area contributed by atoms with Gasteiger partial charge >= 0.3 is 0 Å². The Bertz CT molecular complexity index is 451. The molecule has 2 rings (SSSR count). The van der Waals surface area contributed by atoms with Gasteiger partial charge in [-0.3, -0.25) is 4.98 Å². The van der Waals surface area contributed by atoms with Gasteiger partial charge in [-0.1, -0.05) is 19.1 Å². The number of benzene rings is 1. The van der Waals surface area contributed by atoms with E-state index in [9.17, 15) is 0 Å². The van der Waals surface area contributed by atoms with Crippen LogP contribution in [0, 0.1) is 0 Å². The summed E-state index contributed by atoms with van der Waals surface area (Å²) in [6, 6.07) is 8.29. The predicted octanol–water partition coefficient (Wildman–Crippen LogP) is 2.82. The molecule has 2 aromatic rings. The van der Waals surface area contributed by atoms with Gasteiger partial charge in [-0.15, -0.1) is 0 Å². The van der Waals surface area contributed by atoms with Crippen LogP contribution in [0.25, 0.3) is 0 Å². The minimum Gasteiger partial charge on any atom is -0.372 e. The highest BCUT2D eigenvalue weighted by atomic mass is 15.1. The zero-order valence-electron chi connectivity index (χ0n) is 10.1. The average Bonchev–Trinajstić information content (AvgIpc) is 2.39. The van der Waals surface area contributed by atoms with Gasteiger partial charge in [0.05, 0.1) is 12.4 Å². The SMILES string of the molecule is CCc1cccc(Nc2cncc(NC)n2)c1. The first-order valence-electron chi connectivity index (χ1n) is 5.67. The highest BCUT2D eigenvalue weighted by Crippen LogP contribution is 2.16. The smallest absolute Gasteiger partial charge is 0.151 e. The van der Waals surface area contributed by atoms with Crippen LogP contribution in [-0.2, 0) is 6.42 Å². The van der Waals surface area contributed by atoms with E-state index in [0.29, 0.717) is 0 Å². The molecule has 0 spiro atoms. The van der Waals surface area contributed by atoms with Crippen molar-refractivity contribution in [3.8, 4) is 0 Å². The third kappa shape index (κ3) is 2.93. The predicted molar refractivity (Wildman–Crippen MR) is 70.7 cm³/mol. The van der Waals surface area contributed by atoms with Crippen molar-refractivity contribution < 1.29 is 0 Å². The molecule has 0 radical (unpaired) electrons. The largest absolute Gasteiger partial charge is 0.372 e. The summed E-state index contributed by atoms with van der Waals surface area (Å²) in [4.78, 5) is 8.46. The van der Waals surface area contributed by atoms with E-state index in [4.69, 9.17) is 0 Å². The Labute approximate surface area is 101 Å². The molecule has 0 amide bonds. The topological polar surface area (TPSA) is 49.8 Å². The third-order valence-corrected chi connectivity index (χ3v) is 2.50. The summed E-state index contributed by atoms with van der Waals surface area (Å²) < 4.78 is 0. The molecule has 0 bridgehead atoms. The molecule has 0 saturated heterocycles. The van der Waals surface area contributed by atoms with Crippen molar-refractivity contribution in [3.05, 3.63) is 42.2 Å². The van der Waals surface area contributed by atoms with Crippen molar-refractivity contribution in [1.82, 2.24) is 9.97 Å². The molecule has 0 atom stereocenters. The Kier molecular flexibility index (Phi) is 3.55. The molecule has 0 saturated carbocycles. The number of aromatic nitrogens is 2. The molecule has 1 aromatic heterocycles. The lowest BCUT2D eigenvalue weighted by Gasteiger charge is -2.07. The van der Waals surface area contributed by atoms with Gasteiger partial charge in [0.2, 0.25) is 0 Å². The Balaban J connectivity index is 2.18. The average molecular weight is 228 g/mol. The van der Waals surface area contributed by atoms with Gasteiger partial charge in [0.25, 0.3) is 0 Å². The van der Waals surface area contributed by atoms with Gasteiger partial charge in [0.15, 0.2) is 5.82 Å². The second kappa shape index (κ2) is 5.30. The molecule has 0 aliphatic carbocycles. The van der Waals surface area contributed by atoms with Crippen molar-refractivity contribution in [1.29, 1.82) is 0 Å². The van der Waals surface area contributed by atoms with Crippen molar-refractivity contribution in [3.63, 3.8) is 0 Å². The van der Waals surface area contributed by atoms with Gasteiger partial charge in [-0.05, 0) is 24.1 Å². The van der Waals surface area contributed by atoms with Crippen molar-refractivity contribution in [2.24, 2.45) is 0 Å². The second-order valence-corrected chi connectivity index (χ2v) is 3.72. The molecule has 4 nitrogen and oxygen atoms in total. The lowest BCUT2D eigenvalue weighted by atomic mass is 10.1. The van der Waals surface area contributed by atoms with Crippen molar-refractivity contribution in [2.75, 3.05) is 17.7 Å². The minimum atomic E-state index is 0.741. The molecule has 0 aliphatic rings. The van der Waals surface area contributed by atoms with Crippen LogP contribution in [0.4, 0.5) is 17.3 Å². The maximum absolute atomic E-state index is 4.36. The van der Waals surface area contributed by atoms with Crippen LogP contribution < -0.4 is 10.6 Å². The standard InChI is InChI=1S/C13H16N4/c1-3-10-5-4-6-11(7-10)16-13-9-15-8-12(14-2)17-13/h4-9H,3H2,1-2H3,(H2,14,16,17). The summed E-state index contributed by atoms with van der Waals surface area (Å²) in [6.07, 6.45) is 4.42. The van der Waals surface area contributed by atoms with E-state index in [2.05, 4.69) is 39.7 Å². The normalized spacial score (nSPS) is 10.0. The van der Waals surface area contributed by atoms with Crippen LogP contribution >= 0.6 is 0 Å². The van der Waals surface area contributed by atoms with Gasteiger partial charge in [-0.2, -0.15) is 0 Å². The van der Waals surface area contributed by atoms with E-state index >= 15 is 0 Å². The lowest BCUT2D eigenvalue weighted by molar-refractivity contribution is 1.14. The molecule has 0 aliphatic heterocycles. The molecule has 1 aromatic carbocycles. The van der Waals surface area contributed by atoms with Crippen LogP contribution in [0.1, 0.15) is 12.5 Å². The number of aryl methyl sites for hydroxylation is 1. The van der Waals surface area contributed by atoms with Crippen LogP contribution in [0.5, 0.6) is 0 Å². The molecule has 1 heterocycles. The molecule has 88 valence electrons. The number of hydrogen-bond donors (Lipinski definition) is 2. The summed E-state index contributed by atoms with van der Waals surface area (Å²) in [5.41, 5.74) is 2.33. The number of nitrogens with one attached hydrogen (secondary N) is 2. The van der Waals surface area contributed by atoms with Crippen LogP contribution in [0.15, 0.2) is 36.7 Å². The van der Waals surface area contributed by atoms with Crippen molar-refractivity contribution in [2.45, 2.75) is 13.3 Å². The summed E-state index contributed by atoms with van der Waals surface area (Å²) in [6.45, 7) is 2.14. The molecule has 4 heteroatoms. The van der Waals surface area contributed by atoms with Crippen LogP contribution in [-0.4, -0.2) is 17.0 Å². The monoisotopic (exact) mass is 228 g/mol. The number of nitrogens with zero attached hydrogens (tertiary/aromatic N) is 2. The fraction of sp³-hybridized carbons (Fsp3) is 0.231. The molecule has 2 N–H and O–H groups in total. The van der Waals surface area contributed by atoms with E-state index in [1.165, 1.54) is 5.56 Å². The highest BCUT2D eigenvalue weighted by molar-refractivity contribution is 5.57. The molecule has 17 heavy (non-hydrogen) atoms. The van der Waals surface area contributed by atoms with Crippen LogP contribution in [0.2, 0.25) is 0 Å². The Morgan fingerprint density at radius 3 is 2.76 bits per heavy atom. The fourth-order valence-electron chi connectivity index (χ4n) is 1.56. The van der Waals surface area contributed by atoms with Gasteiger partial charge in [0, 0.05) is 12.7 Å². The summed E-state index contributed by atoms with van der Waals surface area (Å²) >= 11 is 0. The molecule has 0 fully saturated rings. The summed E-state index contributed by atoms with van der Waals surface area (Å²) in [7, 11) is 1.82. The van der Waals surface area contributed by atoms with Crippen molar-refractivity contribution >= 4 is 17.3 Å². The van der Waals surface area contributed by atoms with Gasteiger partial charge in [-0.25, -0.2) is 4.98 Å². The molecule has 0 unspecified atom stereocenters. The van der Waals surface area contributed by atoms with E-state index in [-0.39, 0.29) is 0 Å². The first kappa shape index (κ1) is 11.4. The second-order valence-electron chi connectivity index (χ2n) is 3.72. The first-order chi connectivity index (χ1) is 8.31. The lowest BCUT2D eigenvalue weighted by Crippen LogP contribution is -1.99. The fourth-order valence-corrected chi connectivity index (χ4v) is 1.56. The Morgan fingerprint density at radius 2 is 2.00 bits per heavy atom. The van der Waals surface area contributed by atoms with Gasteiger partial charge in [0.1, 0.15) is 5.82 Å².